The first-order chi connectivity index (χ1) is 18.4. The Hall–Kier alpha value is -2.91. The van der Waals surface area contributed by atoms with Crippen molar-refractivity contribution < 1.29 is 19.0 Å². The zero-order valence-electron chi connectivity index (χ0n) is 25.9. The summed E-state index contributed by atoms with van der Waals surface area (Å²) in [4.78, 5) is 20.8. The van der Waals surface area contributed by atoms with Crippen LogP contribution in [0.5, 0.6) is 5.75 Å². The summed E-state index contributed by atoms with van der Waals surface area (Å²) in [6.07, 6.45) is 0.891. The molecule has 0 fully saturated rings. The van der Waals surface area contributed by atoms with Crippen LogP contribution in [-0.2, 0) is 17.6 Å². The number of pyridine rings is 1. The monoisotopic (exact) mass is 557 g/mol. The highest BCUT2D eigenvalue weighted by Crippen LogP contribution is 2.44. The van der Waals surface area contributed by atoms with Gasteiger partial charge in [-0.25, -0.2) is 9.37 Å². The zero-order valence-corrected chi connectivity index (χ0v) is 25.9. The molecule has 3 rings (SSSR count). The first kappa shape index (κ1) is 31.6. The molecule has 0 radical (unpaired) electrons. The Kier molecular flexibility index (Phi) is 9.73. The lowest BCUT2D eigenvalue weighted by Crippen LogP contribution is -2.49. The van der Waals surface area contributed by atoms with Crippen LogP contribution in [0.4, 0.5) is 15.9 Å². The summed E-state index contributed by atoms with van der Waals surface area (Å²) in [5, 5.41) is 17.7. The normalized spacial score (nSPS) is 17.9. The zero-order chi connectivity index (χ0) is 30.0. The number of rotatable bonds is 10. The van der Waals surface area contributed by atoms with Crippen LogP contribution in [0.3, 0.4) is 0 Å². The molecule has 8 nitrogen and oxygen atoms in total. The molecular formula is C31H48FN5O3. The van der Waals surface area contributed by atoms with Crippen molar-refractivity contribution in [2.24, 2.45) is 5.41 Å². The molecule has 1 aliphatic rings. The first-order valence-corrected chi connectivity index (χ1v) is 14.0. The first-order valence-electron chi connectivity index (χ1n) is 14.0. The number of nitrogens with one attached hydrogen (secondary N) is 2. The highest BCUT2D eigenvalue weighted by atomic mass is 19.1. The lowest BCUT2D eigenvalue weighted by atomic mass is 9.86. The Bertz CT molecular complexity index is 1190. The fourth-order valence-electron chi connectivity index (χ4n) is 5.21. The molecule has 0 saturated carbocycles. The number of nitrogens with zero attached hydrogens (tertiary/aromatic N) is 3. The third kappa shape index (κ3) is 8.54. The van der Waals surface area contributed by atoms with Crippen molar-refractivity contribution in [3.63, 3.8) is 0 Å². The van der Waals surface area contributed by atoms with Gasteiger partial charge in [0, 0.05) is 71.1 Å². The minimum absolute atomic E-state index is 0.0632. The molecule has 1 amide bonds. The van der Waals surface area contributed by atoms with Gasteiger partial charge in [0.25, 0.3) is 0 Å². The van der Waals surface area contributed by atoms with E-state index in [0.717, 1.165) is 34.9 Å². The topological polar surface area (TPSA) is 90.0 Å². The molecule has 0 aliphatic carbocycles. The van der Waals surface area contributed by atoms with Gasteiger partial charge in [-0.3, -0.25) is 4.79 Å². The SMILES string of the molecule is CC(=O)N[C@@H](Cc1cc(F)cc(N(C)C)c1)[C@H](O)CN[C@H]1CC(C)(C)Oc2c1cc(CC(C)(C)C)nc2N(C)C. The van der Waals surface area contributed by atoms with E-state index in [1.54, 1.807) is 0 Å². The summed E-state index contributed by atoms with van der Waals surface area (Å²) in [6.45, 7) is 12.3. The van der Waals surface area contributed by atoms with Gasteiger partial charge in [0.15, 0.2) is 11.6 Å². The van der Waals surface area contributed by atoms with Gasteiger partial charge < -0.3 is 30.3 Å². The molecule has 9 heteroatoms. The number of carbonyl (C=O) groups is 1. The molecule has 40 heavy (non-hydrogen) atoms. The Balaban J connectivity index is 1.88. The van der Waals surface area contributed by atoms with Crippen molar-refractivity contribution in [1.82, 2.24) is 15.6 Å². The average molecular weight is 558 g/mol. The molecule has 0 spiro atoms. The molecule has 0 bridgehead atoms. The van der Waals surface area contributed by atoms with Crippen molar-refractivity contribution >= 4 is 17.4 Å². The number of aliphatic hydroxyl groups is 1. The van der Waals surface area contributed by atoms with Crippen molar-refractivity contribution in [1.29, 1.82) is 0 Å². The fourth-order valence-corrected chi connectivity index (χ4v) is 5.21. The lowest BCUT2D eigenvalue weighted by Gasteiger charge is -2.40. The van der Waals surface area contributed by atoms with Crippen LogP contribution in [0.2, 0.25) is 0 Å². The van der Waals surface area contributed by atoms with Crippen LogP contribution in [0, 0.1) is 11.2 Å². The van der Waals surface area contributed by atoms with E-state index in [2.05, 4.69) is 51.3 Å². The summed E-state index contributed by atoms with van der Waals surface area (Å²) < 4.78 is 20.8. The second-order valence-corrected chi connectivity index (χ2v) is 13.3. The number of amides is 1. The summed E-state index contributed by atoms with van der Waals surface area (Å²) >= 11 is 0. The maximum atomic E-state index is 14.3. The Morgan fingerprint density at radius 2 is 1.85 bits per heavy atom. The van der Waals surface area contributed by atoms with Gasteiger partial charge in [-0.05, 0) is 61.9 Å². The van der Waals surface area contributed by atoms with E-state index in [4.69, 9.17) is 9.72 Å². The smallest absolute Gasteiger partial charge is 0.217 e. The molecule has 1 aromatic heterocycles. The molecule has 2 aromatic rings. The molecule has 0 unspecified atom stereocenters. The second-order valence-electron chi connectivity index (χ2n) is 13.3. The van der Waals surface area contributed by atoms with Gasteiger partial charge in [0.1, 0.15) is 11.4 Å². The highest BCUT2D eigenvalue weighted by Gasteiger charge is 2.37. The van der Waals surface area contributed by atoms with Crippen LogP contribution in [-0.4, -0.2) is 68.5 Å². The molecule has 1 aliphatic heterocycles. The number of hydrogen-bond donors (Lipinski definition) is 3. The number of ether oxygens (including phenoxy) is 1. The number of benzene rings is 1. The van der Waals surface area contributed by atoms with E-state index < -0.39 is 17.7 Å². The minimum Gasteiger partial charge on any atom is -0.484 e. The molecule has 2 heterocycles. The van der Waals surface area contributed by atoms with E-state index in [1.165, 1.54) is 19.1 Å². The largest absolute Gasteiger partial charge is 0.484 e. The van der Waals surface area contributed by atoms with E-state index in [-0.39, 0.29) is 29.7 Å². The third-order valence-electron chi connectivity index (χ3n) is 6.96. The quantitative estimate of drug-likeness (QED) is 0.403. The molecule has 0 saturated heterocycles. The fraction of sp³-hybridized carbons (Fsp3) is 0.613. The van der Waals surface area contributed by atoms with Crippen LogP contribution in [0.15, 0.2) is 24.3 Å². The Morgan fingerprint density at radius 1 is 1.18 bits per heavy atom. The minimum atomic E-state index is -0.909. The number of aliphatic hydroxyl groups excluding tert-OH is 1. The van der Waals surface area contributed by atoms with Crippen LogP contribution < -0.4 is 25.2 Å². The van der Waals surface area contributed by atoms with Crippen LogP contribution in [0.1, 0.15) is 70.8 Å². The van der Waals surface area contributed by atoms with E-state index >= 15 is 0 Å². The number of hydrogen-bond acceptors (Lipinski definition) is 7. The highest BCUT2D eigenvalue weighted by molar-refractivity contribution is 5.73. The van der Waals surface area contributed by atoms with E-state index in [0.29, 0.717) is 18.4 Å². The van der Waals surface area contributed by atoms with Gasteiger partial charge >= 0.3 is 0 Å². The molecule has 3 atom stereocenters. The van der Waals surface area contributed by atoms with Crippen LogP contribution >= 0.6 is 0 Å². The summed E-state index contributed by atoms with van der Waals surface area (Å²) in [5.74, 6) is 0.934. The van der Waals surface area contributed by atoms with Crippen LogP contribution in [0.25, 0.3) is 0 Å². The Labute approximate surface area is 239 Å². The number of halogens is 1. The summed E-state index contributed by atoms with van der Waals surface area (Å²) in [6, 6.07) is 6.22. The van der Waals surface area contributed by atoms with Crippen molar-refractivity contribution in [2.75, 3.05) is 44.5 Å². The average Bonchev–Trinajstić information content (AvgIpc) is 2.79. The molecule has 222 valence electrons. The predicted octanol–water partition coefficient (Wildman–Crippen LogP) is 4.24. The van der Waals surface area contributed by atoms with E-state index in [9.17, 15) is 14.3 Å². The van der Waals surface area contributed by atoms with Crippen molar-refractivity contribution in [3.8, 4) is 5.75 Å². The summed E-state index contributed by atoms with van der Waals surface area (Å²) in [7, 11) is 7.62. The van der Waals surface area contributed by atoms with Gasteiger partial charge in [-0.2, -0.15) is 0 Å². The summed E-state index contributed by atoms with van der Waals surface area (Å²) in [5.41, 5.74) is 3.04. The lowest BCUT2D eigenvalue weighted by molar-refractivity contribution is -0.120. The van der Waals surface area contributed by atoms with Crippen molar-refractivity contribution in [3.05, 3.63) is 46.9 Å². The standard InChI is InChI=1S/C31H48FN5O3/c1-19(38)34-25(13-20-11-21(32)14-23(12-20)36(7)8)27(39)18-33-26-17-31(5,6)40-28-24(26)15-22(16-30(2,3)4)35-29(28)37(9)10/h11-12,14-15,25-27,33,39H,13,16-18H2,1-10H3,(H,34,38)/t25-,26-,27+/m0/s1. The Morgan fingerprint density at radius 3 is 2.42 bits per heavy atom. The number of anilines is 2. The maximum absolute atomic E-state index is 14.3. The second kappa shape index (κ2) is 12.3. The molecule has 3 N–H and O–H groups in total. The van der Waals surface area contributed by atoms with Gasteiger partial charge in [-0.15, -0.1) is 0 Å². The number of fused-ring (bicyclic) bond motifs is 1. The van der Waals surface area contributed by atoms with Gasteiger partial charge in [0.2, 0.25) is 5.91 Å². The molecule has 1 aromatic carbocycles. The van der Waals surface area contributed by atoms with Gasteiger partial charge in [-0.1, -0.05) is 20.8 Å². The predicted molar refractivity (Wildman–Crippen MR) is 160 cm³/mol. The third-order valence-corrected chi connectivity index (χ3v) is 6.96. The van der Waals surface area contributed by atoms with E-state index in [1.807, 2.05) is 44.1 Å². The molecular weight excluding hydrogens is 509 g/mol. The number of carbonyl (C=O) groups excluding carboxylic acids is 1. The maximum Gasteiger partial charge on any atom is 0.217 e. The number of aromatic nitrogens is 1. The van der Waals surface area contributed by atoms with Gasteiger partial charge in [0.05, 0.1) is 12.1 Å². The van der Waals surface area contributed by atoms with Crippen molar-refractivity contribution in [2.45, 2.75) is 84.6 Å².